The second kappa shape index (κ2) is 14.1. The van der Waals surface area contributed by atoms with Gasteiger partial charge in [0.1, 0.15) is 5.15 Å². The van der Waals surface area contributed by atoms with Gasteiger partial charge in [0.15, 0.2) is 11.5 Å². The number of hydrogen-bond acceptors (Lipinski definition) is 6. The van der Waals surface area contributed by atoms with Crippen LogP contribution in [0, 0.1) is 13.8 Å². The number of hydrogen-bond donors (Lipinski definition) is 2. The van der Waals surface area contributed by atoms with E-state index in [1.54, 1.807) is 13.0 Å². The van der Waals surface area contributed by atoms with Crippen LogP contribution in [0.15, 0.2) is 54.6 Å². The Kier molecular flexibility index (Phi) is 10.0. The molecule has 2 aliphatic heterocycles. The highest BCUT2D eigenvalue weighted by atomic mass is 35.5. The molecule has 10 heteroatoms. The first-order chi connectivity index (χ1) is 20.8. The Bertz CT molecular complexity index is 1410. The summed E-state index contributed by atoms with van der Waals surface area (Å²) in [6.07, 6.45) is 2.60. The molecule has 3 amide bonds. The number of nitrogens with one attached hydrogen (secondary N) is 2. The third-order valence-corrected chi connectivity index (χ3v) is 8.54. The molecule has 0 saturated carbocycles. The van der Waals surface area contributed by atoms with Crippen LogP contribution in [0.4, 0.5) is 4.79 Å². The summed E-state index contributed by atoms with van der Waals surface area (Å²) in [6.45, 7) is 9.42. The van der Waals surface area contributed by atoms with Gasteiger partial charge in [-0.15, -0.1) is 0 Å². The predicted molar refractivity (Wildman–Crippen MR) is 167 cm³/mol. The summed E-state index contributed by atoms with van der Waals surface area (Å²) in [4.78, 5) is 35.0. The van der Waals surface area contributed by atoms with Crippen molar-refractivity contribution in [1.82, 2.24) is 25.4 Å². The number of pyridine rings is 1. The summed E-state index contributed by atoms with van der Waals surface area (Å²) in [6, 6.07) is 18.0. The van der Waals surface area contributed by atoms with Gasteiger partial charge in [0, 0.05) is 44.8 Å². The normalized spacial score (nSPS) is 15.6. The molecule has 43 heavy (non-hydrogen) atoms. The monoisotopic (exact) mass is 605 g/mol. The number of fused-ring (bicyclic) bond motifs is 1. The fourth-order valence-electron chi connectivity index (χ4n) is 5.91. The lowest BCUT2D eigenvalue weighted by Gasteiger charge is -2.41. The Morgan fingerprint density at radius 2 is 1.77 bits per heavy atom. The lowest BCUT2D eigenvalue weighted by atomic mass is 10.00. The minimum absolute atomic E-state index is 0.0713. The summed E-state index contributed by atoms with van der Waals surface area (Å²) >= 11 is 6.02. The fraction of sp³-hybridized carbons (Fsp3) is 0.424. The number of rotatable bonds is 10. The Balaban J connectivity index is 1.14. The van der Waals surface area contributed by atoms with Crippen molar-refractivity contribution < 1.29 is 19.1 Å². The first-order valence-corrected chi connectivity index (χ1v) is 15.3. The summed E-state index contributed by atoms with van der Waals surface area (Å²) in [5, 5.41) is 6.58. The number of benzene rings is 2. The van der Waals surface area contributed by atoms with E-state index in [-0.39, 0.29) is 24.8 Å². The van der Waals surface area contributed by atoms with Crippen molar-refractivity contribution in [3.63, 3.8) is 0 Å². The molecule has 3 aromatic rings. The highest BCUT2D eigenvalue weighted by molar-refractivity contribution is 6.29. The topological polar surface area (TPSA) is 96.0 Å². The maximum Gasteiger partial charge on any atom is 0.318 e. The van der Waals surface area contributed by atoms with Gasteiger partial charge in [0.2, 0.25) is 6.79 Å². The van der Waals surface area contributed by atoms with E-state index in [0.717, 1.165) is 54.8 Å². The molecule has 9 nitrogen and oxygen atoms in total. The minimum Gasteiger partial charge on any atom is -0.454 e. The predicted octanol–water partition coefficient (Wildman–Crippen LogP) is 5.47. The van der Waals surface area contributed by atoms with Gasteiger partial charge in [0.05, 0.1) is 11.3 Å². The standard InChI is InChI=1S/C33H40ClN5O4/c1-22-17-30(34)37-24(3)31(22)32(40)35-14-11-23(2)38-15-12-27(13-16-38)39(20-25-7-5-4-6-8-25)33(41)36-19-26-9-10-28-29(18-26)43-21-42-28/h4-10,17-18,23,27H,11-16,19-21H2,1-3H3,(H,35,40)(H,36,41). The van der Waals surface area contributed by atoms with Crippen LogP contribution in [0.25, 0.3) is 0 Å². The van der Waals surface area contributed by atoms with E-state index in [1.165, 1.54) is 0 Å². The molecule has 0 spiro atoms. The van der Waals surface area contributed by atoms with Gasteiger partial charge in [-0.1, -0.05) is 48.0 Å². The van der Waals surface area contributed by atoms with Crippen molar-refractivity contribution in [3.05, 3.63) is 87.7 Å². The Morgan fingerprint density at radius 3 is 2.51 bits per heavy atom. The molecule has 1 fully saturated rings. The van der Waals surface area contributed by atoms with E-state index >= 15 is 0 Å². The molecule has 0 aliphatic carbocycles. The zero-order valence-electron chi connectivity index (χ0n) is 25.1. The minimum atomic E-state index is -0.117. The number of urea groups is 1. The van der Waals surface area contributed by atoms with Crippen LogP contribution >= 0.6 is 11.6 Å². The number of nitrogens with zero attached hydrogens (tertiary/aromatic N) is 3. The summed E-state index contributed by atoms with van der Waals surface area (Å²) < 4.78 is 10.9. The van der Waals surface area contributed by atoms with Crippen molar-refractivity contribution in [2.24, 2.45) is 0 Å². The molecule has 2 aliphatic rings. The van der Waals surface area contributed by atoms with Crippen LogP contribution < -0.4 is 20.1 Å². The van der Waals surface area contributed by atoms with Crippen LogP contribution in [0.5, 0.6) is 11.5 Å². The van der Waals surface area contributed by atoms with Crippen molar-refractivity contribution in [3.8, 4) is 11.5 Å². The molecule has 0 bridgehead atoms. The Hall–Kier alpha value is -3.82. The average molecular weight is 606 g/mol. The maximum absolute atomic E-state index is 13.6. The first kappa shape index (κ1) is 30.6. The van der Waals surface area contributed by atoms with E-state index in [1.807, 2.05) is 48.2 Å². The zero-order chi connectivity index (χ0) is 30.3. The van der Waals surface area contributed by atoms with Crippen LogP contribution in [0.1, 0.15) is 58.9 Å². The number of amides is 3. The number of carbonyl (C=O) groups is 2. The van der Waals surface area contributed by atoms with Gasteiger partial charge >= 0.3 is 6.03 Å². The lowest BCUT2D eigenvalue weighted by Crippen LogP contribution is -2.51. The van der Waals surface area contributed by atoms with E-state index in [0.29, 0.717) is 47.8 Å². The highest BCUT2D eigenvalue weighted by Gasteiger charge is 2.30. The van der Waals surface area contributed by atoms with Gasteiger partial charge in [-0.3, -0.25) is 4.79 Å². The molecule has 3 heterocycles. The number of ether oxygens (including phenoxy) is 2. The molecule has 1 aromatic heterocycles. The van der Waals surface area contributed by atoms with Gasteiger partial charge in [-0.05, 0) is 74.9 Å². The second-order valence-electron chi connectivity index (χ2n) is 11.3. The third-order valence-electron chi connectivity index (χ3n) is 8.34. The maximum atomic E-state index is 13.6. The highest BCUT2D eigenvalue weighted by Crippen LogP contribution is 2.32. The summed E-state index contributed by atoms with van der Waals surface area (Å²) in [5.74, 6) is 1.32. The van der Waals surface area contributed by atoms with Crippen molar-refractivity contribution >= 4 is 23.5 Å². The summed E-state index contributed by atoms with van der Waals surface area (Å²) in [5.41, 5.74) is 4.12. The van der Waals surface area contributed by atoms with Gasteiger partial charge < -0.3 is 29.9 Å². The number of aryl methyl sites for hydroxylation is 2. The van der Waals surface area contributed by atoms with Crippen LogP contribution in [-0.2, 0) is 13.1 Å². The molecular weight excluding hydrogens is 566 g/mol. The van der Waals surface area contributed by atoms with E-state index in [2.05, 4.69) is 39.6 Å². The van der Waals surface area contributed by atoms with Gasteiger partial charge in [-0.2, -0.15) is 0 Å². The summed E-state index contributed by atoms with van der Waals surface area (Å²) in [7, 11) is 0. The third kappa shape index (κ3) is 7.77. The molecule has 0 radical (unpaired) electrons. The molecule has 5 rings (SSSR count). The second-order valence-corrected chi connectivity index (χ2v) is 11.7. The molecule has 228 valence electrons. The lowest BCUT2D eigenvalue weighted by molar-refractivity contribution is 0.0903. The van der Waals surface area contributed by atoms with E-state index < -0.39 is 0 Å². The number of carbonyl (C=O) groups excluding carboxylic acids is 2. The van der Waals surface area contributed by atoms with Crippen molar-refractivity contribution in [1.29, 1.82) is 0 Å². The molecule has 1 atom stereocenters. The molecule has 2 aromatic carbocycles. The molecule has 2 N–H and O–H groups in total. The zero-order valence-corrected chi connectivity index (χ0v) is 25.8. The van der Waals surface area contributed by atoms with Crippen LogP contribution in [0.3, 0.4) is 0 Å². The Morgan fingerprint density at radius 1 is 1.02 bits per heavy atom. The van der Waals surface area contributed by atoms with E-state index in [4.69, 9.17) is 21.1 Å². The largest absolute Gasteiger partial charge is 0.454 e. The van der Waals surface area contributed by atoms with Crippen LogP contribution in [-0.4, -0.2) is 65.2 Å². The number of aromatic nitrogens is 1. The van der Waals surface area contributed by atoms with Crippen molar-refractivity contribution in [2.75, 3.05) is 26.4 Å². The number of piperidine rings is 1. The van der Waals surface area contributed by atoms with Crippen LogP contribution in [0.2, 0.25) is 5.15 Å². The molecular formula is C33H40ClN5O4. The Labute approximate surface area is 258 Å². The van der Waals surface area contributed by atoms with E-state index in [9.17, 15) is 9.59 Å². The molecule has 1 unspecified atom stereocenters. The van der Waals surface area contributed by atoms with Gasteiger partial charge in [0.25, 0.3) is 5.91 Å². The first-order valence-electron chi connectivity index (χ1n) is 14.9. The molecule has 1 saturated heterocycles. The quantitative estimate of drug-likeness (QED) is 0.298. The van der Waals surface area contributed by atoms with Gasteiger partial charge in [-0.25, -0.2) is 9.78 Å². The average Bonchev–Trinajstić information content (AvgIpc) is 3.47. The van der Waals surface area contributed by atoms with Crippen molar-refractivity contribution in [2.45, 2.75) is 65.2 Å². The fourth-order valence-corrected chi connectivity index (χ4v) is 6.20. The number of halogens is 1. The SMILES string of the molecule is Cc1cc(Cl)nc(C)c1C(=O)NCCC(C)N1CCC(N(Cc2ccccc2)C(=O)NCc2ccc3c(c2)OCO3)CC1. The smallest absolute Gasteiger partial charge is 0.318 e. The number of likely N-dealkylation sites (tertiary alicyclic amines) is 1.